The van der Waals surface area contributed by atoms with Gasteiger partial charge in [0.05, 0.1) is 5.69 Å². The van der Waals surface area contributed by atoms with Crippen LogP contribution in [0.4, 0.5) is 0 Å². The monoisotopic (exact) mass is 298 g/mol. The Hall–Kier alpha value is -1.65. The summed E-state index contributed by atoms with van der Waals surface area (Å²) in [5, 5.41) is 4.53. The minimum Gasteiger partial charge on any atom is -0.330 e. The Kier molecular flexibility index (Phi) is 4.32. The van der Waals surface area contributed by atoms with Crippen molar-refractivity contribution < 1.29 is 0 Å². The van der Waals surface area contributed by atoms with E-state index >= 15 is 0 Å². The largest absolute Gasteiger partial charge is 0.330 e. The van der Waals surface area contributed by atoms with Gasteiger partial charge in [0.15, 0.2) is 0 Å². The lowest BCUT2D eigenvalue weighted by Gasteiger charge is -2.17. The summed E-state index contributed by atoms with van der Waals surface area (Å²) in [5.41, 5.74) is 11.2. The Morgan fingerprint density at radius 3 is 2.50 bits per heavy atom. The summed E-state index contributed by atoms with van der Waals surface area (Å²) in [6.45, 7) is 8.14. The maximum Gasteiger partial charge on any atom is 0.0641 e. The molecule has 22 heavy (non-hydrogen) atoms. The summed E-state index contributed by atoms with van der Waals surface area (Å²) in [6.07, 6.45) is 0. The second-order valence-corrected chi connectivity index (χ2v) is 6.48. The summed E-state index contributed by atoms with van der Waals surface area (Å²) in [5.74, 6) is 1.09. The zero-order valence-electron chi connectivity index (χ0n) is 13.8. The second-order valence-electron chi connectivity index (χ2n) is 6.48. The molecule has 1 aliphatic rings. The average molecular weight is 298 g/mol. The quantitative estimate of drug-likeness (QED) is 0.941. The van der Waals surface area contributed by atoms with Crippen LogP contribution in [0, 0.1) is 19.8 Å². The standard InChI is InChI=1S/C18H26N4/c1-13-17(14(2)21(3)20-13)11-22-10-16(9-19)18(12-22)15-7-5-4-6-8-15/h4-8,16,18H,9-12,19H2,1-3H3/t16-,18+/m1/s1. The lowest BCUT2D eigenvalue weighted by atomic mass is 9.89. The lowest BCUT2D eigenvalue weighted by Crippen LogP contribution is -2.23. The Bertz CT molecular complexity index is 632. The number of hydrogen-bond donors (Lipinski definition) is 1. The van der Waals surface area contributed by atoms with Gasteiger partial charge >= 0.3 is 0 Å². The van der Waals surface area contributed by atoms with E-state index in [2.05, 4.69) is 54.2 Å². The first-order chi connectivity index (χ1) is 10.6. The molecule has 0 saturated carbocycles. The molecule has 2 atom stereocenters. The molecule has 0 unspecified atom stereocenters. The highest BCUT2D eigenvalue weighted by molar-refractivity contribution is 5.26. The fourth-order valence-corrected chi connectivity index (χ4v) is 3.68. The van der Waals surface area contributed by atoms with Gasteiger partial charge in [-0.25, -0.2) is 0 Å². The number of nitrogens with two attached hydrogens (primary N) is 1. The van der Waals surface area contributed by atoms with E-state index in [1.54, 1.807) is 0 Å². The van der Waals surface area contributed by atoms with Crippen molar-refractivity contribution in [2.45, 2.75) is 26.3 Å². The van der Waals surface area contributed by atoms with Gasteiger partial charge in [-0.3, -0.25) is 9.58 Å². The first-order valence-electron chi connectivity index (χ1n) is 8.06. The number of hydrogen-bond acceptors (Lipinski definition) is 3. The number of nitrogens with zero attached hydrogens (tertiary/aromatic N) is 3. The van der Waals surface area contributed by atoms with E-state index < -0.39 is 0 Å². The van der Waals surface area contributed by atoms with Crippen molar-refractivity contribution in [2.24, 2.45) is 18.7 Å². The van der Waals surface area contributed by atoms with Crippen LogP contribution < -0.4 is 5.73 Å². The van der Waals surface area contributed by atoms with E-state index in [0.29, 0.717) is 11.8 Å². The first-order valence-corrected chi connectivity index (χ1v) is 8.06. The highest BCUT2D eigenvalue weighted by Crippen LogP contribution is 2.33. The van der Waals surface area contributed by atoms with Crippen molar-refractivity contribution in [3.8, 4) is 0 Å². The van der Waals surface area contributed by atoms with Crippen LogP contribution in [-0.2, 0) is 13.6 Å². The molecule has 0 aliphatic carbocycles. The normalized spacial score (nSPS) is 22.4. The number of rotatable bonds is 4. The average Bonchev–Trinajstić information content (AvgIpc) is 3.05. The summed E-state index contributed by atoms with van der Waals surface area (Å²) >= 11 is 0. The third-order valence-electron chi connectivity index (χ3n) is 5.09. The molecule has 1 fully saturated rings. The van der Waals surface area contributed by atoms with E-state index in [4.69, 9.17) is 5.73 Å². The predicted octanol–water partition coefficient (Wildman–Crippen LogP) is 2.21. The third-order valence-corrected chi connectivity index (χ3v) is 5.09. The number of aryl methyl sites for hydroxylation is 2. The highest BCUT2D eigenvalue weighted by Gasteiger charge is 2.33. The Labute approximate surface area is 132 Å². The van der Waals surface area contributed by atoms with Gasteiger partial charge in [0.1, 0.15) is 0 Å². The molecule has 4 heteroatoms. The number of benzene rings is 1. The summed E-state index contributed by atoms with van der Waals surface area (Å²) in [7, 11) is 2.02. The molecule has 0 spiro atoms. The van der Waals surface area contributed by atoms with Crippen molar-refractivity contribution >= 4 is 0 Å². The molecule has 1 aliphatic heterocycles. The van der Waals surface area contributed by atoms with E-state index in [1.165, 1.54) is 16.8 Å². The minimum absolute atomic E-state index is 0.541. The van der Waals surface area contributed by atoms with Crippen molar-refractivity contribution in [3.63, 3.8) is 0 Å². The van der Waals surface area contributed by atoms with Gasteiger partial charge in [-0.15, -0.1) is 0 Å². The summed E-state index contributed by atoms with van der Waals surface area (Å²) < 4.78 is 1.98. The van der Waals surface area contributed by atoms with Gasteiger partial charge in [-0.1, -0.05) is 30.3 Å². The Balaban J connectivity index is 1.77. The zero-order chi connectivity index (χ0) is 15.7. The van der Waals surface area contributed by atoms with E-state index in [1.807, 2.05) is 11.7 Å². The molecule has 1 saturated heterocycles. The molecule has 0 amide bonds. The van der Waals surface area contributed by atoms with Gasteiger partial charge in [0, 0.05) is 43.9 Å². The number of aromatic nitrogens is 2. The minimum atomic E-state index is 0.541. The molecule has 2 heterocycles. The molecule has 2 aromatic rings. The maximum atomic E-state index is 6.04. The van der Waals surface area contributed by atoms with Crippen molar-refractivity contribution in [2.75, 3.05) is 19.6 Å². The fraction of sp³-hybridized carbons (Fsp3) is 0.500. The molecular formula is C18H26N4. The van der Waals surface area contributed by atoms with Crippen LogP contribution in [0.1, 0.15) is 28.4 Å². The molecule has 4 nitrogen and oxygen atoms in total. The van der Waals surface area contributed by atoms with E-state index in [0.717, 1.165) is 31.9 Å². The molecule has 118 valence electrons. The van der Waals surface area contributed by atoms with Crippen LogP contribution in [0.2, 0.25) is 0 Å². The van der Waals surface area contributed by atoms with Gasteiger partial charge < -0.3 is 5.73 Å². The van der Waals surface area contributed by atoms with Crippen LogP contribution in [0.3, 0.4) is 0 Å². The molecule has 3 rings (SSSR count). The first kappa shape index (κ1) is 15.3. The van der Waals surface area contributed by atoms with Crippen molar-refractivity contribution in [1.29, 1.82) is 0 Å². The second kappa shape index (κ2) is 6.23. The van der Waals surface area contributed by atoms with Crippen molar-refractivity contribution in [1.82, 2.24) is 14.7 Å². The van der Waals surface area contributed by atoms with Crippen LogP contribution in [0.25, 0.3) is 0 Å². The summed E-state index contributed by atoms with van der Waals surface area (Å²) in [4.78, 5) is 2.53. The third kappa shape index (κ3) is 2.81. The molecule has 0 radical (unpaired) electrons. The smallest absolute Gasteiger partial charge is 0.0641 e. The van der Waals surface area contributed by atoms with Gasteiger partial charge in [-0.05, 0) is 31.9 Å². The molecule has 1 aromatic carbocycles. The van der Waals surface area contributed by atoms with Gasteiger partial charge in [0.25, 0.3) is 0 Å². The topological polar surface area (TPSA) is 47.1 Å². The summed E-state index contributed by atoms with van der Waals surface area (Å²) in [6, 6.07) is 10.8. The van der Waals surface area contributed by atoms with E-state index in [-0.39, 0.29) is 0 Å². The maximum absolute atomic E-state index is 6.04. The molecular weight excluding hydrogens is 272 g/mol. The van der Waals surface area contributed by atoms with Crippen LogP contribution >= 0.6 is 0 Å². The van der Waals surface area contributed by atoms with E-state index in [9.17, 15) is 0 Å². The predicted molar refractivity (Wildman–Crippen MR) is 89.7 cm³/mol. The lowest BCUT2D eigenvalue weighted by molar-refractivity contribution is 0.315. The van der Waals surface area contributed by atoms with Crippen LogP contribution in [0.15, 0.2) is 30.3 Å². The van der Waals surface area contributed by atoms with Crippen LogP contribution in [0.5, 0.6) is 0 Å². The highest BCUT2D eigenvalue weighted by atomic mass is 15.3. The van der Waals surface area contributed by atoms with Gasteiger partial charge in [0.2, 0.25) is 0 Å². The van der Waals surface area contributed by atoms with Crippen LogP contribution in [-0.4, -0.2) is 34.3 Å². The van der Waals surface area contributed by atoms with Gasteiger partial charge in [-0.2, -0.15) is 5.10 Å². The number of likely N-dealkylation sites (tertiary alicyclic amines) is 1. The molecule has 0 bridgehead atoms. The SMILES string of the molecule is Cc1nn(C)c(C)c1CN1C[C@@H](CN)[C@H](c2ccccc2)C1. The Morgan fingerprint density at radius 2 is 1.91 bits per heavy atom. The fourth-order valence-electron chi connectivity index (χ4n) is 3.68. The Morgan fingerprint density at radius 1 is 1.18 bits per heavy atom. The van der Waals surface area contributed by atoms with Crippen molar-refractivity contribution in [3.05, 3.63) is 52.8 Å². The molecule has 1 aromatic heterocycles. The molecule has 2 N–H and O–H groups in total. The zero-order valence-corrected chi connectivity index (χ0v) is 13.8.